The van der Waals surface area contributed by atoms with Gasteiger partial charge in [0.25, 0.3) is 5.56 Å². The van der Waals surface area contributed by atoms with E-state index >= 15 is 0 Å². The maximum absolute atomic E-state index is 12.2. The summed E-state index contributed by atoms with van der Waals surface area (Å²) in [4.78, 5) is 16.6. The third-order valence-electron chi connectivity index (χ3n) is 2.68. The summed E-state index contributed by atoms with van der Waals surface area (Å²) >= 11 is 5.69. The molecule has 0 atom stereocenters. The summed E-state index contributed by atoms with van der Waals surface area (Å²) in [5.41, 5.74) is 1.83. The summed E-state index contributed by atoms with van der Waals surface area (Å²) in [6.07, 6.45) is 2.21. The predicted molar refractivity (Wildman–Crippen MR) is 67.2 cm³/mol. The second kappa shape index (κ2) is 4.75. The Morgan fingerprint density at radius 3 is 2.94 bits per heavy atom. The summed E-state index contributed by atoms with van der Waals surface area (Å²) in [6, 6.07) is 3.54. The fourth-order valence-electron chi connectivity index (χ4n) is 1.82. The van der Waals surface area contributed by atoms with E-state index in [9.17, 15) is 4.79 Å². The van der Waals surface area contributed by atoms with E-state index in [1.165, 1.54) is 4.40 Å². The molecular formula is C12H13ClN2O2. The number of rotatable bonds is 3. The lowest BCUT2D eigenvalue weighted by Crippen LogP contribution is -2.22. The monoisotopic (exact) mass is 252 g/mol. The normalized spacial score (nSPS) is 10.8. The molecule has 0 aliphatic rings. The SMILES string of the molecule is COc1cccn2c(=O)c(CCCl)c(C)nc12. The van der Waals surface area contributed by atoms with E-state index in [4.69, 9.17) is 16.3 Å². The molecule has 0 N–H and O–H groups in total. The van der Waals surface area contributed by atoms with Crippen LogP contribution in [0, 0.1) is 6.92 Å². The molecule has 17 heavy (non-hydrogen) atoms. The molecule has 5 heteroatoms. The smallest absolute Gasteiger partial charge is 0.261 e. The van der Waals surface area contributed by atoms with E-state index < -0.39 is 0 Å². The molecule has 0 aromatic carbocycles. The Kier molecular flexibility index (Phi) is 3.33. The molecule has 2 aromatic rings. The number of hydrogen-bond donors (Lipinski definition) is 0. The molecule has 2 aromatic heterocycles. The minimum absolute atomic E-state index is 0.0768. The van der Waals surface area contributed by atoms with E-state index in [2.05, 4.69) is 4.98 Å². The van der Waals surface area contributed by atoms with Gasteiger partial charge in [0.1, 0.15) is 0 Å². The lowest BCUT2D eigenvalue weighted by molar-refractivity contribution is 0.416. The number of fused-ring (bicyclic) bond motifs is 1. The molecule has 0 amide bonds. The van der Waals surface area contributed by atoms with Crippen molar-refractivity contribution in [2.24, 2.45) is 0 Å². The van der Waals surface area contributed by atoms with Gasteiger partial charge in [0.15, 0.2) is 11.4 Å². The first-order chi connectivity index (χ1) is 8.19. The first-order valence-electron chi connectivity index (χ1n) is 5.30. The second-order valence-electron chi connectivity index (χ2n) is 3.69. The maximum Gasteiger partial charge on any atom is 0.261 e. The van der Waals surface area contributed by atoms with Crippen molar-refractivity contribution in [2.75, 3.05) is 13.0 Å². The van der Waals surface area contributed by atoms with Crippen LogP contribution in [-0.4, -0.2) is 22.4 Å². The second-order valence-corrected chi connectivity index (χ2v) is 4.07. The maximum atomic E-state index is 12.2. The van der Waals surface area contributed by atoms with Gasteiger partial charge in [-0.3, -0.25) is 9.20 Å². The fraction of sp³-hybridized carbons (Fsp3) is 0.333. The van der Waals surface area contributed by atoms with Crippen LogP contribution in [-0.2, 0) is 6.42 Å². The molecule has 2 heterocycles. The summed E-state index contributed by atoms with van der Waals surface area (Å²) in [7, 11) is 1.56. The number of ether oxygens (including phenoxy) is 1. The summed E-state index contributed by atoms with van der Waals surface area (Å²) in [5.74, 6) is 0.999. The third-order valence-corrected chi connectivity index (χ3v) is 2.87. The van der Waals surface area contributed by atoms with Crippen LogP contribution < -0.4 is 10.3 Å². The van der Waals surface area contributed by atoms with Crippen LogP contribution in [0.3, 0.4) is 0 Å². The van der Waals surface area contributed by atoms with Crippen LogP contribution in [0.25, 0.3) is 5.65 Å². The van der Waals surface area contributed by atoms with Crippen LogP contribution in [0.4, 0.5) is 0 Å². The molecule has 0 saturated heterocycles. The number of halogens is 1. The first kappa shape index (κ1) is 11.9. The molecule has 0 unspecified atom stereocenters. The standard InChI is InChI=1S/C12H13ClN2O2/c1-8-9(5-6-13)12(16)15-7-3-4-10(17-2)11(15)14-8/h3-4,7H,5-6H2,1-2H3. The lowest BCUT2D eigenvalue weighted by atomic mass is 10.2. The van der Waals surface area contributed by atoms with E-state index in [1.807, 2.05) is 6.92 Å². The number of pyridine rings is 1. The van der Waals surface area contributed by atoms with Gasteiger partial charge >= 0.3 is 0 Å². The zero-order valence-corrected chi connectivity index (χ0v) is 10.5. The van der Waals surface area contributed by atoms with Crippen molar-refractivity contribution in [1.29, 1.82) is 0 Å². The minimum atomic E-state index is -0.0768. The molecular weight excluding hydrogens is 240 g/mol. The number of hydrogen-bond acceptors (Lipinski definition) is 3. The number of aromatic nitrogens is 2. The van der Waals surface area contributed by atoms with Gasteiger partial charge in [0.05, 0.1) is 7.11 Å². The van der Waals surface area contributed by atoms with Gasteiger partial charge in [-0.25, -0.2) is 4.98 Å². The van der Waals surface area contributed by atoms with Crippen molar-refractivity contribution in [2.45, 2.75) is 13.3 Å². The molecule has 90 valence electrons. The van der Waals surface area contributed by atoms with Gasteiger partial charge in [0.2, 0.25) is 0 Å². The largest absolute Gasteiger partial charge is 0.493 e. The van der Waals surface area contributed by atoms with Gasteiger partial charge in [-0.1, -0.05) is 0 Å². The molecule has 0 fully saturated rings. The Labute approximate surface area is 104 Å². The zero-order chi connectivity index (χ0) is 12.4. The van der Waals surface area contributed by atoms with Crippen LogP contribution >= 0.6 is 11.6 Å². The molecule has 0 aliphatic heterocycles. The van der Waals surface area contributed by atoms with Crippen molar-refractivity contribution in [1.82, 2.24) is 9.38 Å². The lowest BCUT2D eigenvalue weighted by Gasteiger charge is -2.09. The van der Waals surface area contributed by atoms with E-state index in [0.717, 1.165) is 0 Å². The first-order valence-corrected chi connectivity index (χ1v) is 5.83. The predicted octanol–water partition coefficient (Wildman–Crippen LogP) is 1.79. The van der Waals surface area contributed by atoms with Crippen molar-refractivity contribution < 1.29 is 4.74 Å². The van der Waals surface area contributed by atoms with Crippen LogP contribution in [0.2, 0.25) is 0 Å². The number of aryl methyl sites for hydroxylation is 1. The van der Waals surface area contributed by atoms with Gasteiger partial charge in [-0.15, -0.1) is 11.6 Å². The van der Waals surface area contributed by atoms with E-state index in [-0.39, 0.29) is 5.56 Å². The molecule has 0 saturated carbocycles. The highest BCUT2D eigenvalue weighted by Gasteiger charge is 2.11. The van der Waals surface area contributed by atoms with E-state index in [0.29, 0.717) is 35.0 Å². The molecule has 0 radical (unpaired) electrons. The Morgan fingerprint density at radius 1 is 1.53 bits per heavy atom. The molecule has 2 rings (SSSR count). The van der Waals surface area contributed by atoms with Crippen LogP contribution in [0.1, 0.15) is 11.3 Å². The number of alkyl halides is 1. The Balaban J connectivity index is 2.81. The van der Waals surface area contributed by atoms with Crippen molar-refractivity contribution in [3.05, 3.63) is 39.9 Å². The fourth-order valence-corrected chi connectivity index (χ4v) is 2.01. The van der Waals surface area contributed by atoms with Gasteiger partial charge < -0.3 is 4.74 Å². The highest BCUT2D eigenvalue weighted by atomic mass is 35.5. The Morgan fingerprint density at radius 2 is 2.29 bits per heavy atom. The summed E-state index contributed by atoms with van der Waals surface area (Å²) in [5, 5.41) is 0. The molecule has 0 bridgehead atoms. The third kappa shape index (κ3) is 2.00. The topological polar surface area (TPSA) is 43.6 Å². The van der Waals surface area contributed by atoms with Crippen molar-refractivity contribution >= 4 is 17.2 Å². The van der Waals surface area contributed by atoms with Crippen molar-refractivity contribution in [3.63, 3.8) is 0 Å². The van der Waals surface area contributed by atoms with Gasteiger partial charge in [-0.2, -0.15) is 0 Å². The average molecular weight is 253 g/mol. The van der Waals surface area contributed by atoms with Crippen LogP contribution in [0.15, 0.2) is 23.1 Å². The summed E-state index contributed by atoms with van der Waals surface area (Å²) < 4.78 is 6.68. The molecule has 4 nitrogen and oxygen atoms in total. The number of methoxy groups -OCH3 is 1. The number of nitrogens with zero attached hydrogens (tertiary/aromatic N) is 2. The quantitative estimate of drug-likeness (QED) is 0.783. The average Bonchev–Trinajstić information content (AvgIpc) is 2.34. The summed E-state index contributed by atoms with van der Waals surface area (Å²) in [6.45, 7) is 1.82. The Hall–Kier alpha value is -1.55. The molecule has 0 aliphatic carbocycles. The van der Waals surface area contributed by atoms with Gasteiger partial charge in [-0.05, 0) is 25.5 Å². The zero-order valence-electron chi connectivity index (χ0n) is 9.74. The van der Waals surface area contributed by atoms with Crippen molar-refractivity contribution in [3.8, 4) is 5.75 Å². The Bertz CT molecular complexity index is 607. The minimum Gasteiger partial charge on any atom is -0.493 e. The van der Waals surface area contributed by atoms with E-state index in [1.54, 1.807) is 25.4 Å². The highest BCUT2D eigenvalue weighted by molar-refractivity contribution is 6.18. The van der Waals surface area contributed by atoms with Crippen LogP contribution in [0.5, 0.6) is 5.75 Å². The highest BCUT2D eigenvalue weighted by Crippen LogP contribution is 2.16. The van der Waals surface area contributed by atoms with Gasteiger partial charge in [0, 0.05) is 23.3 Å². The molecule has 0 spiro atoms.